The van der Waals surface area contributed by atoms with Crippen molar-refractivity contribution in [3.05, 3.63) is 82.7 Å². The van der Waals surface area contributed by atoms with Crippen LogP contribution in [0.1, 0.15) is 37.8 Å². The van der Waals surface area contributed by atoms with E-state index in [2.05, 4.69) is 67.4 Å². The van der Waals surface area contributed by atoms with Gasteiger partial charge in [0.15, 0.2) is 0 Å². The summed E-state index contributed by atoms with van der Waals surface area (Å²) in [6.45, 7) is 4.15. The molecule has 0 heterocycles. The van der Waals surface area contributed by atoms with E-state index in [9.17, 15) is 0 Å². The van der Waals surface area contributed by atoms with E-state index >= 15 is 0 Å². The third kappa shape index (κ3) is 2.14. The van der Waals surface area contributed by atoms with Crippen LogP contribution in [-0.2, 0) is 5.41 Å². The molecule has 2 aromatic carbocycles. The van der Waals surface area contributed by atoms with Crippen LogP contribution in [-0.4, -0.2) is 6.21 Å². The molecule has 4 rings (SSSR count). The van der Waals surface area contributed by atoms with Crippen molar-refractivity contribution in [3.63, 3.8) is 0 Å². The molecule has 0 unspecified atom stereocenters. The van der Waals surface area contributed by atoms with Gasteiger partial charge >= 0.3 is 0 Å². The summed E-state index contributed by atoms with van der Waals surface area (Å²) in [7, 11) is 0. The highest BCUT2D eigenvalue weighted by Crippen LogP contribution is 2.57. The van der Waals surface area contributed by atoms with Crippen molar-refractivity contribution in [3.8, 4) is 11.1 Å². The Labute approximate surface area is 143 Å². The molecule has 0 amide bonds. The molecule has 2 aromatic rings. The smallest absolute Gasteiger partial charge is 0.0603 e. The average molecular weight is 314 g/mol. The van der Waals surface area contributed by atoms with Crippen LogP contribution in [0.4, 0.5) is 0 Å². The molecule has 2 N–H and O–H groups in total. The SMILES string of the molecule is CC(C)=CC=NC1=C(N)CC2(C1)c1ccccc1-c1ccccc12. The molecule has 0 bridgehead atoms. The Morgan fingerprint density at radius 3 is 2.12 bits per heavy atom. The lowest BCUT2D eigenvalue weighted by Gasteiger charge is -2.26. The standard InChI is InChI=1S/C22H22N2/c1-15(2)11-12-24-21-14-22(13-20(21)23)18-9-5-3-7-16(18)17-8-4-6-10-19(17)22/h3-12H,13-14,23H2,1-2H3. The van der Waals surface area contributed by atoms with Crippen molar-refractivity contribution < 1.29 is 0 Å². The van der Waals surface area contributed by atoms with Crippen LogP contribution in [0.5, 0.6) is 0 Å². The summed E-state index contributed by atoms with van der Waals surface area (Å²) in [5.74, 6) is 0. The van der Waals surface area contributed by atoms with E-state index in [-0.39, 0.29) is 5.41 Å². The lowest BCUT2D eigenvalue weighted by atomic mass is 9.75. The summed E-state index contributed by atoms with van der Waals surface area (Å²) in [6, 6.07) is 17.5. The second kappa shape index (κ2) is 5.48. The molecule has 0 aromatic heterocycles. The number of hydrogen-bond acceptors (Lipinski definition) is 2. The summed E-state index contributed by atoms with van der Waals surface area (Å²) in [4.78, 5) is 4.66. The van der Waals surface area contributed by atoms with E-state index in [1.165, 1.54) is 27.8 Å². The number of hydrogen-bond donors (Lipinski definition) is 1. The average Bonchev–Trinajstić information content (AvgIpc) is 3.05. The van der Waals surface area contributed by atoms with Crippen LogP contribution >= 0.6 is 0 Å². The predicted octanol–water partition coefficient (Wildman–Crippen LogP) is 4.95. The largest absolute Gasteiger partial charge is 0.401 e. The Morgan fingerprint density at radius 1 is 0.958 bits per heavy atom. The zero-order valence-electron chi connectivity index (χ0n) is 14.2. The first-order valence-corrected chi connectivity index (χ1v) is 8.46. The van der Waals surface area contributed by atoms with Crippen molar-refractivity contribution in [2.75, 3.05) is 0 Å². The highest BCUT2D eigenvalue weighted by atomic mass is 14.8. The summed E-state index contributed by atoms with van der Waals surface area (Å²) in [6.07, 6.45) is 5.63. The van der Waals surface area contributed by atoms with Gasteiger partial charge in [0, 0.05) is 30.2 Å². The Kier molecular flexibility index (Phi) is 3.42. The molecule has 0 saturated carbocycles. The van der Waals surface area contributed by atoms with Gasteiger partial charge in [-0.2, -0.15) is 0 Å². The summed E-state index contributed by atoms with van der Waals surface area (Å²) >= 11 is 0. The van der Waals surface area contributed by atoms with Crippen LogP contribution < -0.4 is 5.73 Å². The third-order valence-electron chi connectivity index (χ3n) is 5.15. The maximum Gasteiger partial charge on any atom is 0.0603 e. The van der Waals surface area contributed by atoms with Crippen LogP contribution in [0.25, 0.3) is 11.1 Å². The number of nitrogens with two attached hydrogens (primary N) is 1. The molecule has 1 spiro atoms. The molecule has 0 saturated heterocycles. The minimum Gasteiger partial charge on any atom is -0.401 e. The van der Waals surface area contributed by atoms with Crippen LogP contribution in [0, 0.1) is 0 Å². The molecule has 2 aliphatic rings. The van der Waals surface area contributed by atoms with Crippen LogP contribution in [0.2, 0.25) is 0 Å². The number of aliphatic imine (C=N–C) groups is 1. The molecule has 2 nitrogen and oxygen atoms in total. The molecule has 2 aliphatic carbocycles. The second-order valence-electron chi connectivity index (χ2n) is 7.02. The number of rotatable bonds is 2. The molecule has 2 heteroatoms. The van der Waals surface area contributed by atoms with Crippen molar-refractivity contribution >= 4 is 6.21 Å². The molecule has 120 valence electrons. The molecule has 0 atom stereocenters. The van der Waals surface area contributed by atoms with Gasteiger partial charge in [0.05, 0.1) is 5.70 Å². The molecule has 24 heavy (non-hydrogen) atoms. The minimum atomic E-state index is -0.0467. The van der Waals surface area contributed by atoms with Gasteiger partial charge < -0.3 is 5.73 Å². The third-order valence-corrected chi connectivity index (χ3v) is 5.15. The van der Waals surface area contributed by atoms with E-state index in [1.807, 2.05) is 12.3 Å². The molecule has 0 radical (unpaired) electrons. The van der Waals surface area contributed by atoms with Crippen LogP contribution in [0.3, 0.4) is 0 Å². The topological polar surface area (TPSA) is 38.4 Å². The Balaban J connectivity index is 1.80. The maximum atomic E-state index is 6.41. The van der Waals surface area contributed by atoms with E-state index in [4.69, 9.17) is 5.73 Å². The highest BCUT2D eigenvalue weighted by molar-refractivity contribution is 5.82. The van der Waals surface area contributed by atoms with E-state index in [0.717, 1.165) is 24.2 Å². The second-order valence-corrected chi connectivity index (χ2v) is 7.02. The fraction of sp³-hybridized carbons (Fsp3) is 0.227. The minimum absolute atomic E-state index is 0.0467. The molecule has 0 fully saturated rings. The fourth-order valence-electron chi connectivity index (χ4n) is 4.09. The van der Waals surface area contributed by atoms with E-state index < -0.39 is 0 Å². The lowest BCUT2D eigenvalue weighted by molar-refractivity contribution is 0.555. The zero-order chi connectivity index (χ0) is 16.7. The van der Waals surface area contributed by atoms with Gasteiger partial charge in [0.25, 0.3) is 0 Å². The van der Waals surface area contributed by atoms with Gasteiger partial charge in [-0.15, -0.1) is 0 Å². The quantitative estimate of drug-likeness (QED) is 0.782. The van der Waals surface area contributed by atoms with Gasteiger partial charge in [0.1, 0.15) is 0 Å². The van der Waals surface area contributed by atoms with Crippen molar-refractivity contribution in [1.29, 1.82) is 0 Å². The van der Waals surface area contributed by atoms with E-state index in [0.29, 0.717) is 0 Å². The molecule has 0 aliphatic heterocycles. The van der Waals surface area contributed by atoms with Gasteiger partial charge in [-0.05, 0) is 42.2 Å². The number of allylic oxidation sites excluding steroid dienone is 4. The first-order chi connectivity index (χ1) is 11.6. The van der Waals surface area contributed by atoms with Gasteiger partial charge in [-0.1, -0.05) is 54.1 Å². The fourth-order valence-corrected chi connectivity index (χ4v) is 4.09. The summed E-state index contributed by atoms with van der Waals surface area (Å²) in [5.41, 5.74) is 15.0. The van der Waals surface area contributed by atoms with Crippen molar-refractivity contribution in [1.82, 2.24) is 0 Å². The molecular formula is C22H22N2. The summed E-state index contributed by atoms with van der Waals surface area (Å²) in [5, 5.41) is 0. The Hall–Kier alpha value is -2.61. The first kappa shape index (κ1) is 14.9. The number of fused-ring (bicyclic) bond motifs is 5. The maximum absolute atomic E-state index is 6.41. The van der Waals surface area contributed by atoms with Crippen molar-refractivity contribution in [2.24, 2.45) is 10.7 Å². The highest BCUT2D eigenvalue weighted by Gasteiger charge is 2.47. The van der Waals surface area contributed by atoms with Gasteiger partial charge in [0.2, 0.25) is 0 Å². The zero-order valence-corrected chi connectivity index (χ0v) is 14.2. The first-order valence-electron chi connectivity index (χ1n) is 8.46. The molecular weight excluding hydrogens is 292 g/mol. The number of nitrogens with zero attached hydrogens (tertiary/aromatic N) is 1. The Morgan fingerprint density at radius 2 is 1.54 bits per heavy atom. The predicted molar refractivity (Wildman–Crippen MR) is 101 cm³/mol. The normalized spacial score (nSPS) is 17.4. The summed E-state index contributed by atoms with van der Waals surface area (Å²) < 4.78 is 0. The number of benzene rings is 2. The Bertz CT molecular complexity index is 850. The lowest BCUT2D eigenvalue weighted by Crippen LogP contribution is -2.22. The van der Waals surface area contributed by atoms with Gasteiger partial charge in [-0.3, -0.25) is 4.99 Å². The van der Waals surface area contributed by atoms with Crippen molar-refractivity contribution in [2.45, 2.75) is 32.1 Å². The van der Waals surface area contributed by atoms with Crippen LogP contribution in [0.15, 0.2) is 76.6 Å². The van der Waals surface area contributed by atoms with E-state index in [1.54, 1.807) is 0 Å². The van der Waals surface area contributed by atoms with Gasteiger partial charge in [-0.25, -0.2) is 0 Å². The monoisotopic (exact) mass is 314 g/mol.